The van der Waals surface area contributed by atoms with Crippen LogP contribution in [0.25, 0.3) is 22.0 Å². The maximum atomic E-state index is 13.0. The van der Waals surface area contributed by atoms with E-state index in [0.29, 0.717) is 5.69 Å². The predicted molar refractivity (Wildman–Crippen MR) is 119 cm³/mol. The number of hydrogen-bond acceptors (Lipinski definition) is 4. The van der Waals surface area contributed by atoms with Crippen LogP contribution in [0.15, 0.2) is 48.5 Å². The maximum absolute atomic E-state index is 13.0. The molecule has 2 aromatic carbocycles. The molecule has 1 heterocycles. The van der Waals surface area contributed by atoms with Crippen LogP contribution in [0.5, 0.6) is 0 Å². The van der Waals surface area contributed by atoms with Crippen LogP contribution >= 0.6 is 11.6 Å². The topological polar surface area (TPSA) is 73.2 Å². The largest absolute Gasteiger partial charge is 0.462 e. The molecule has 0 saturated heterocycles. The Morgan fingerprint density at radius 2 is 1.83 bits per heavy atom. The normalized spacial score (nSPS) is 11.7. The molecule has 0 aliphatic heterocycles. The number of alkyl halides is 1. The number of halogens is 1. The summed E-state index contributed by atoms with van der Waals surface area (Å²) in [5.41, 5.74) is 2.63. The van der Waals surface area contributed by atoms with E-state index in [9.17, 15) is 9.59 Å². The van der Waals surface area contributed by atoms with Gasteiger partial charge in [-0.3, -0.25) is 14.3 Å². The smallest absolute Gasteiger partial charge is 0.320 e. The molecule has 0 fully saturated rings. The number of nitrogens with zero attached hydrogens (tertiary/aromatic N) is 2. The third-order valence-electron chi connectivity index (χ3n) is 4.67. The van der Waals surface area contributed by atoms with Crippen LogP contribution in [0.1, 0.15) is 44.2 Å². The Labute approximate surface area is 181 Å². The molecule has 0 saturated carbocycles. The van der Waals surface area contributed by atoms with Crippen molar-refractivity contribution in [2.75, 3.05) is 12.5 Å². The summed E-state index contributed by atoms with van der Waals surface area (Å²) < 4.78 is 6.94. The van der Waals surface area contributed by atoms with Crippen molar-refractivity contribution in [3.05, 3.63) is 54.2 Å². The number of carbonyl (C=O) groups excluding carboxylic acids is 2. The molecule has 30 heavy (non-hydrogen) atoms. The molecule has 0 aliphatic carbocycles. The van der Waals surface area contributed by atoms with Crippen LogP contribution in [-0.2, 0) is 9.53 Å². The SMILES string of the molecule is CC(C)n1nc(C(=O)NC(C)(C)COC(=O)CCl)c2ccc(-c3ccccc3)cc21. The van der Waals surface area contributed by atoms with Crippen LogP contribution in [0.3, 0.4) is 0 Å². The van der Waals surface area contributed by atoms with Gasteiger partial charge in [-0.25, -0.2) is 0 Å². The molecule has 1 amide bonds. The Bertz CT molecular complexity index is 1060. The van der Waals surface area contributed by atoms with Crippen molar-refractivity contribution in [3.8, 4) is 11.1 Å². The summed E-state index contributed by atoms with van der Waals surface area (Å²) >= 11 is 5.46. The molecule has 3 aromatic rings. The Morgan fingerprint density at radius 3 is 2.47 bits per heavy atom. The first-order valence-corrected chi connectivity index (χ1v) is 10.4. The van der Waals surface area contributed by atoms with Crippen LogP contribution in [0, 0.1) is 0 Å². The van der Waals surface area contributed by atoms with Gasteiger partial charge in [0, 0.05) is 11.4 Å². The number of nitrogens with one attached hydrogen (secondary N) is 1. The highest BCUT2D eigenvalue weighted by atomic mass is 35.5. The molecule has 1 aromatic heterocycles. The number of esters is 1. The van der Waals surface area contributed by atoms with Gasteiger partial charge in [0.2, 0.25) is 0 Å². The lowest BCUT2D eigenvalue weighted by atomic mass is 10.0. The number of hydrogen-bond donors (Lipinski definition) is 1. The first-order valence-electron chi connectivity index (χ1n) is 9.83. The summed E-state index contributed by atoms with van der Waals surface area (Å²) in [7, 11) is 0. The van der Waals surface area contributed by atoms with Gasteiger partial charge in [-0.05, 0) is 51.0 Å². The van der Waals surface area contributed by atoms with Gasteiger partial charge in [-0.1, -0.05) is 36.4 Å². The number of amides is 1. The summed E-state index contributed by atoms with van der Waals surface area (Å²) in [6.07, 6.45) is 0. The van der Waals surface area contributed by atoms with Crippen molar-refractivity contribution in [3.63, 3.8) is 0 Å². The minimum absolute atomic E-state index is 0.0191. The van der Waals surface area contributed by atoms with Gasteiger partial charge in [0.15, 0.2) is 5.69 Å². The maximum Gasteiger partial charge on any atom is 0.320 e. The van der Waals surface area contributed by atoms with Crippen LogP contribution in [0.2, 0.25) is 0 Å². The van der Waals surface area contributed by atoms with E-state index in [0.717, 1.165) is 22.0 Å². The van der Waals surface area contributed by atoms with E-state index in [4.69, 9.17) is 16.3 Å². The summed E-state index contributed by atoms with van der Waals surface area (Å²) in [5.74, 6) is -1.07. The molecule has 0 atom stereocenters. The quantitative estimate of drug-likeness (QED) is 0.442. The van der Waals surface area contributed by atoms with E-state index < -0.39 is 11.5 Å². The first kappa shape index (κ1) is 21.8. The zero-order chi connectivity index (χ0) is 21.9. The lowest BCUT2D eigenvalue weighted by Gasteiger charge is -2.25. The van der Waals surface area contributed by atoms with Gasteiger partial charge in [-0.15, -0.1) is 11.6 Å². The molecular weight excluding hydrogens is 402 g/mol. The van der Waals surface area contributed by atoms with Crippen LogP contribution in [0.4, 0.5) is 0 Å². The average Bonchev–Trinajstić information content (AvgIpc) is 3.11. The van der Waals surface area contributed by atoms with Crippen molar-refractivity contribution in [2.24, 2.45) is 0 Å². The predicted octanol–water partition coefficient (Wildman–Crippen LogP) is 4.57. The molecule has 0 aliphatic rings. The second-order valence-electron chi connectivity index (χ2n) is 8.12. The minimum Gasteiger partial charge on any atom is -0.462 e. The fourth-order valence-electron chi connectivity index (χ4n) is 3.21. The van der Waals surface area contributed by atoms with Gasteiger partial charge < -0.3 is 10.1 Å². The Morgan fingerprint density at radius 1 is 1.13 bits per heavy atom. The number of rotatable bonds is 7. The zero-order valence-corrected chi connectivity index (χ0v) is 18.4. The Balaban J connectivity index is 1.94. The van der Waals surface area contributed by atoms with E-state index >= 15 is 0 Å². The second-order valence-corrected chi connectivity index (χ2v) is 8.38. The highest BCUT2D eigenvalue weighted by Gasteiger charge is 2.26. The standard InChI is InChI=1S/C23H26ClN3O3/c1-15(2)27-19-12-17(16-8-6-5-7-9-16)10-11-18(19)21(26-27)22(29)25-23(3,4)14-30-20(28)13-24/h5-12,15H,13-14H2,1-4H3,(H,25,29). The summed E-state index contributed by atoms with van der Waals surface area (Å²) in [6, 6.07) is 16.1. The van der Waals surface area contributed by atoms with E-state index in [1.807, 2.05) is 48.9 Å². The van der Waals surface area contributed by atoms with Crippen LogP contribution in [-0.4, -0.2) is 39.7 Å². The summed E-state index contributed by atoms with van der Waals surface area (Å²) in [4.78, 5) is 24.4. The Hall–Kier alpha value is -2.86. The van der Waals surface area contributed by atoms with E-state index in [2.05, 4.69) is 28.6 Å². The van der Waals surface area contributed by atoms with Crippen molar-refractivity contribution >= 4 is 34.4 Å². The minimum atomic E-state index is -0.767. The van der Waals surface area contributed by atoms with Gasteiger partial charge in [0.1, 0.15) is 12.5 Å². The lowest BCUT2D eigenvalue weighted by molar-refractivity contribution is -0.142. The Kier molecular flexibility index (Phi) is 6.46. The highest BCUT2D eigenvalue weighted by molar-refractivity contribution is 6.26. The van der Waals surface area contributed by atoms with E-state index in [1.54, 1.807) is 13.8 Å². The highest BCUT2D eigenvalue weighted by Crippen LogP contribution is 2.28. The molecule has 0 bridgehead atoms. The monoisotopic (exact) mass is 427 g/mol. The number of ether oxygens (including phenoxy) is 1. The fraction of sp³-hybridized carbons (Fsp3) is 0.348. The lowest BCUT2D eigenvalue weighted by Crippen LogP contribution is -2.47. The molecular formula is C23H26ClN3O3. The van der Waals surface area contributed by atoms with E-state index in [-0.39, 0.29) is 24.4 Å². The van der Waals surface area contributed by atoms with Gasteiger partial charge in [0.05, 0.1) is 11.1 Å². The van der Waals surface area contributed by atoms with Gasteiger partial charge in [-0.2, -0.15) is 5.10 Å². The third-order valence-corrected chi connectivity index (χ3v) is 4.89. The fourth-order valence-corrected chi connectivity index (χ4v) is 3.29. The molecule has 0 spiro atoms. The van der Waals surface area contributed by atoms with Crippen molar-refractivity contribution in [2.45, 2.75) is 39.3 Å². The molecule has 7 heteroatoms. The number of benzene rings is 2. The number of fused-ring (bicyclic) bond motifs is 1. The molecule has 0 unspecified atom stereocenters. The molecule has 0 radical (unpaired) electrons. The van der Waals surface area contributed by atoms with Gasteiger partial charge in [0.25, 0.3) is 5.91 Å². The van der Waals surface area contributed by atoms with E-state index in [1.165, 1.54) is 0 Å². The molecule has 158 valence electrons. The van der Waals surface area contributed by atoms with Crippen molar-refractivity contribution < 1.29 is 14.3 Å². The summed E-state index contributed by atoms with van der Waals surface area (Å²) in [5, 5.41) is 8.28. The summed E-state index contributed by atoms with van der Waals surface area (Å²) in [6.45, 7) is 7.63. The second kappa shape index (κ2) is 8.88. The number of carbonyl (C=O) groups is 2. The third kappa shape index (κ3) is 4.82. The molecule has 3 rings (SSSR count). The van der Waals surface area contributed by atoms with Crippen molar-refractivity contribution in [1.29, 1.82) is 0 Å². The average molecular weight is 428 g/mol. The molecule has 6 nitrogen and oxygen atoms in total. The first-order chi connectivity index (χ1) is 14.2. The molecule has 1 N–H and O–H groups in total. The van der Waals surface area contributed by atoms with Crippen molar-refractivity contribution in [1.82, 2.24) is 15.1 Å². The number of aromatic nitrogens is 2. The van der Waals surface area contributed by atoms with Gasteiger partial charge >= 0.3 is 5.97 Å². The zero-order valence-electron chi connectivity index (χ0n) is 17.6. The van der Waals surface area contributed by atoms with Crippen LogP contribution < -0.4 is 5.32 Å².